The maximum atomic E-state index is 11.5. The number of amides is 1. The van der Waals surface area contributed by atoms with E-state index in [9.17, 15) is 4.79 Å². The molecule has 2 aromatic rings. The molecule has 1 aromatic heterocycles. The summed E-state index contributed by atoms with van der Waals surface area (Å²) in [5.41, 5.74) is 10.3. The first-order valence-electron chi connectivity index (χ1n) is 6.89. The average Bonchev–Trinajstić information content (AvgIpc) is 3.10. The Balaban J connectivity index is 1.49. The van der Waals surface area contributed by atoms with Crippen molar-refractivity contribution in [2.45, 2.75) is 31.7 Å². The minimum Gasteiger partial charge on any atom is -0.395 e. The van der Waals surface area contributed by atoms with Gasteiger partial charge in [0.05, 0.1) is 21.6 Å². The zero-order chi connectivity index (χ0) is 13.9. The number of nitrogen functional groups attached to an aromatic ring is 1. The van der Waals surface area contributed by atoms with Crippen LogP contribution in [-0.2, 0) is 4.79 Å². The van der Waals surface area contributed by atoms with E-state index in [2.05, 4.69) is 15.6 Å². The predicted octanol–water partition coefficient (Wildman–Crippen LogP) is 2.35. The molecular formula is C14H18N4OS. The van der Waals surface area contributed by atoms with Crippen molar-refractivity contribution in [1.82, 2.24) is 10.3 Å². The molecule has 0 atom stereocenters. The monoisotopic (exact) mass is 290 g/mol. The number of fused-ring (bicyclic) bond motifs is 1. The highest BCUT2D eigenvalue weighted by atomic mass is 32.1. The lowest BCUT2D eigenvalue weighted by atomic mass is 10.2. The molecule has 0 unspecified atom stereocenters. The molecule has 4 N–H and O–H groups in total. The van der Waals surface area contributed by atoms with Crippen LogP contribution in [0.15, 0.2) is 17.6 Å². The minimum atomic E-state index is 0.150. The first-order chi connectivity index (χ1) is 9.74. The normalized spacial score (nSPS) is 14.4. The van der Waals surface area contributed by atoms with Crippen LogP contribution in [0.3, 0.4) is 0 Å². The number of nitrogens with one attached hydrogen (secondary N) is 2. The Bertz CT molecular complexity index is 621. The molecule has 0 radical (unpaired) electrons. The molecule has 6 heteroatoms. The molecule has 1 saturated carbocycles. The maximum absolute atomic E-state index is 11.5. The van der Waals surface area contributed by atoms with E-state index in [1.54, 1.807) is 16.8 Å². The third-order valence-electron chi connectivity index (χ3n) is 3.38. The van der Waals surface area contributed by atoms with Crippen LogP contribution in [0.2, 0.25) is 0 Å². The number of benzene rings is 1. The molecule has 0 bridgehead atoms. The molecule has 3 rings (SSSR count). The number of thiazole rings is 1. The van der Waals surface area contributed by atoms with Crippen molar-refractivity contribution in [2.75, 3.05) is 17.6 Å². The molecule has 5 nitrogen and oxygen atoms in total. The van der Waals surface area contributed by atoms with E-state index in [0.29, 0.717) is 18.2 Å². The van der Waals surface area contributed by atoms with Crippen molar-refractivity contribution in [2.24, 2.45) is 0 Å². The molecule has 106 valence electrons. The molecule has 20 heavy (non-hydrogen) atoms. The summed E-state index contributed by atoms with van der Waals surface area (Å²) in [6.45, 7) is 0.734. The van der Waals surface area contributed by atoms with E-state index >= 15 is 0 Å². The van der Waals surface area contributed by atoms with Crippen LogP contribution in [0.5, 0.6) is 0 Å². The summed E-state index contributed by atoms with van der Waals surface area (Å²) in [6.07, 6.45) is 3.62. The number of nitrogens with zero attached hydrogens (tertiary/aromatic N) is 1. The van der Waals surface area contributed by atoms with Gasteiger partial charge in [0.25, 0.3) is 0 Å². The molecule has 1 fully saturated rings. The molecule has 1 aromatic carbocycles. The van der Waals surface area contributed by atoms with E-state index in [4.69, 9.17) is 5.73 Å². The summed E-state index contributed by atoms with van der Waals surface area (Å²) >= 11 is 1.58. The zero-order valence-corrected chi connectivity index (χ0v) is 12.0. The van der Waals surface area contributed by atoms with Gasteiger partial charge in [-0.3, -0.25) is 4.79 Å². The second kappa shape index (κ2) is 5.66. The van der Waals surface area contributed by atoms with Crippen LogP contribution in [-0.4, -0.2) is 23.5 Å². The van der Waals surface area contributed by atoms with Crippen molar-refractivity contribution < 1.29 is 4.79 Å². The van der Waals surface area contributed by atoms with Gasteiger partial charge >= 0.3 is 0 Å². The van der Waals surface area contributed by atoms with E-state index < -0.39 is 0 Å². The number of carbonyl (C=O) groups excluding carboxylic acids is 1. The van der Waals surface area contributed by atoms with Gasteiger partial charge in [0, 0.05) is 19.0 Å². The summed E-state index contributed by atoms with van der Waals surface area (Å²) in [7, 11) is 0. The standard InChI is InChI=1S/C14H18N4OS/c15-13-10(5-6-11-14(13)17-8-20-11)16-7-1-2-12(19)18-9-3-4-9/h5-6,8-9,16H,1-4,7,15H2,(H,18,19). The maximum Gasteiger partial charge on any atom is 0.220 e. The molecule has 0 saturated heterocycles. The first kappa shape index (κ1) is 13.2. The van der Waals surface area contributed by atoms with Gasteiger partial charge in [-0.15, -0.1) is 11.3 Å². The van der Waals surface area contributed by atoms with Crippen LogP contribution < -0.4 is 16.4 Å². The first-order valence-corrected chi connectivity index (χ1v) is 7.77. The molecule has 1 heterocycles. The number of hydrogen-bond acceptors (Lipinski definition) is 5. The second-order valence-electron chi connectivity index (χ2n) is 5.10. The highest BCUT2D eigenvalue weighted by Crippen LogP contribution is 2.29. The summed E-state index contributed by atoms with van der Waals surface area (Å²) in [6, 6.07) is 4.43. The minimum absolute atomic E-state index is 0.150. The second-order valence-corrected chi connectivity index (χ2v) is 5.98. The van der Waals surface area contributed by atoms with Crippen LogP contribution in [0, 0.1) is 0 Å². The lowest BCUT2D eigenvalue weighted by molar-refractivity contribution is -0.121. The van der Waals surface area contributed by atoms with Crippen LogP contribution in [0.1, 0.15) is 25.7 Å². The Labute approximate surface area is 121 Å². The van der Waals surface area contributed by atoms with E-state index in [-0.39, 0.29) is 5.91 Å². The average molecular weight is 290 g/mol. The number of hydrogen-bond donors (Lipinski definition) is 3. The lowest BCUT2D eigenvalue weighted by Crippen LogP contribution is -2.25. The van der Waals surface area contributed by atoms with E-state index in [0.717, 1.165) is 41.7 Å². The van der Waals surface area contributed by atoms with Gasteiger partial charge in [0.15, 0.2) is 0 Å². The van der Waals surface area contributed by atoms with Crippen molar-refractivity contribution in [1.29, 1.82) is 0 Å². The summed E-state index contributed by atoms with van der Waals surface area (Å²) in [4.78, 5) is 15.8. The summed E-state index contributed by atoms with van der Waals surface area (Å²) in [5, 5.41) is 6.26. The largest absolute Gasteiger partial charge is 0.395 e. The molecule has 1 aliphatic rings. The molecular weight excluding hydrogens is 272 g/mol. The number of nitrogens with two attached hydrogens (primary N) is 1. The van der Waals surface area contributed by atoms with Gasteiger partial charge in [-0.25, -0.2) is 4.98 Å². The predicted molar refractivity (Wildman–Crippen MR) is 82.9 cm³/mol. The van der Waals surface area contributed by atoms with Crippen molar-refractivity contribution in [3.05, 3.63) is 17.6 Å². The molecule has 0 spiro atoms. The Kier molecular flexibility index (Phi) is 3.73. The van der Waals surface area contributed by atoms with Gasteiger partial charge < -0.3 is 16.4 Å². The fourth-order valence-electron chi connectivity index (χ4n) is 2.11. The Morgan fingerprint density at radius 1 is 1.45 bits per heavy atom. The van der Waals surface area contributed by atoms with Gasteiger partial charge in [0.1, 0.15) is 5.52 Å². The van der Waals surface area contributed by atoms with Crippen LogP contribution >= 0.6 is 11.3 Å². The third-order valence-corrected chi connectivity index (χ3v) is 4.17. The molecule has 0 aliphatic heterocycles. The van der Waals surface area contributed by atoms with Crippen molar-refractivity contribution in [3.63, 3.8) is 0 Å². The van der Waals surface area contributed by atoms with Gasteiger partial charge in [-0.05, 0) is 31.4 Å². The zero-order valence-electron chi connectivity index (χ0n) is 11.2. The van der Waals surface area contributed by atoms with Crippen molar-refractivity contribution >= 4 is 38.8 Å². The lowest BCUT2D eigenvalue weighted by Gasteiger charge is -2.09. The van der Waals surface area contributed by atoms with Crippen LogP contribution in [0.25, 0.3) is 10.2 Å². The van der Waals surface area contributed by atoms with E-state index in [1.807, 2.05) is 12.1 Å². The number of anilines is 2. The Hall–Kier alpha value is -1.82. The van der Waals surface area contributed by atoms with Gasteiger partial charge in [-0.2, -0.15) is 0 Å². The van der Waals surface area contributed by atoms with Gasteiger partial charge in [0.2, 0.25) is 5.91 Å². The highest BCUT2D eigenvalue weighted by molar-refractivity contribution is 7.16. The third kappa shape index (κ3) is 3.01. The fraction of sp³-hybridized carbons (Fsp3) is 0.429. The highest BCUT2D eigenvalue weighted by Gasteiger charge is 2.22. The van der Waals surface area contributed by atoms with Crippen LogP contribution in [0.4, 0.5) is 11.4 Å². The quantitative estimate of drug-likeness (QED) is 0.563. The summed E-state index contributed by atoms with van der Waals surface area (Å²) in [5.74, 6) is 0.150. The smallest absolute Gasteiger partial charge is 0.220 e. The fourth-order valence-corrected chi connectivity index (χ4v) is 2.80. The molecule has 1 aliphatic carbocycles. The number of rotatable bonds is 6. The number of aromatic nitrogens is 1. The van der Waals surface area contributed by atoms with E-state index in [1.165, 1.54) is 0 Å². The Morgan fingerprint density at radius 3 is 3.10 bits per heavy atom. The SMILES string of the molecule is Nc1c(NCCCC(=O)NC2CC2)ccc2scnc12. The van der Waals surface area contributed by atoms with Gasteiger partial charge in [-0.1, -0.05) is 0 Å². The molecule has 1 amide bonds. The topological polar surface area (TPSA) is 80.0 Å². The number of carbonyl (C=O) groups is 1. The Morgan fingerprint density at radius 2 is 2.30 bits per heavy atom. The summed E-state index contributed by atoms with van der Waals surface area (Å²) < 4.78 is 1.09. The van der Waals surface area contributed by atoms with Crippen molar-refractivity contribution in [3.8, 4) is 0 Å².